The van der Waals surface area contributed by atoms with E-state index < -0.39 is 17.8 Å². The minimum atomic E-state index is -0.523. The number of aromatic nitrogens is 2. The number of nitrogens with zero attached hydrogens (tertiary/aromatic N) is 2. The number of hydrogen-bond acceptors (Lipinski definition) is 7. The Balaban J connectivity index is 1.69. The summed E-state index contributed by atoms with van der Waals surface area (Å²) < 4.78 is 9.51. The second-order valence-corrected chi connectivity index (χ2v) is 5.73. The number of benzene rings is 1. The van der Waals surface area contributed by atoms with Crippen LogP contribution in [-0.4, -0.2) is 35.0 Å². The van der Waals surface area contributed by atoms with E-state index in [1.54, 1.807) is 25.1 Å². The average molecular weight is 380 g/mol. The Morgan fingerprint density at radius 1 is 0.964 bits per heavy atom. The number of carbonyl (C=O) groups is 3. The Kier molecular flexibility index (Phi) is 5.45. The van der Waals surface area contributed by atoms with Gasteiger partial charge in [0.2, 0.25) is 0 Å². The molecule has 0 unspecified atom stereocenters. The van der Waals surface area contributed by atoms with Crippen molar-refractivity contribution in [2.75, 3.05) is 17.7 Å². The van der Waals surface area contributed by atoms with E-state index in [9.17, 15) is 14.4 Å². The molecule has 9 heteroatoms. The zero-order valence-electron chi connectivity index (χ0n) is 15.1. The SMILES string of the molecule is COC(=O)c1ccc(NC(=O)c2ccnc(C(=O)Nc3cc(C)on3)c2)cc1. The molecule has 0 aliphatic rings. The molecule has 0 aliphatic carbocycles. The van der Waals surface area contributed by atoms with Crippen LogP contribution in [0.25, 0.3) is 0 Å². The molecule has 2 aromatic heterocycles. The maximum Gasteiger partial charge on any atom is 0.337 e. The number of hydrogen-bond donors (Lipinski definition) is 2. The fourth-order valence-corrected chi connectivity index (χ4v) is 2.31. The monoisotopic (exact) mass is 380 g/mol. The van der Waals surface area contributed by atoms with Crippen LogP contribution in [0, 0.1) is 6.92 Å². The predicted octanol–water partition coefficient (Wildman–Crippen LogP) is 2.67. The molecule has 2 heterocycles. The molecule has 2 N–H and O–H groups in total. The molecular weight excluding hydrogens is 364 g/mol. The number of methoxy groups -OCH3 is 1. The number of anilines is 2. The van der Waals surface area contributed by atoms with Gasteiger partial charge in [0, 0.05) is 23.5 Å². The minimum absolute atomic E-state index is 0.0503. The van der Waals surface area contributed by atoms with Gasteiger partial charge >= 0.3 is 5.97 Å². The predicted molar refractivity (Wildman–Crippen MR) is 99.2 cm³/mol. The van der Waals surface area contributed by atoms with E-state index in [1.165, 1.54) is 37.6 Å². The topological polar surface area (TPSA) is 123 Å². The van der Waals surface area contributed by atoms with Crippen LogP contribution in [0.3, 0.4) is 0 Å². The van der Waals surface area contributed by atoms with Crippen LogP contribution in [0.4, 0.5) is 11.5 Å². The maximum atomic E-state index is 12.4. The second kappa shape index (κ2) is 8.12. The van der Waals surface area contributed by atoms with Crippen molar-refractivity contribution in [2.24, 2.45) is 0 Å². The summed E-state index contributed by atoms with van der Waals surface area (Å²) >= 11 is 0. The van der Waals surface area contributed by atoms with Gasteiger partial charge in [0.05, 0.1) is 12.7 Å². The molecule has 0 bridgehead atoms. The number of pyridine rings is 1. The lowest BCUT2D eigenvalue weighted by Crippen LogP contribution is -2.17. The van der Waals surface area contributed by atoms with Gasteiger partial charge in [-0.1, -0.05) is 5.16 Å². The molecule has 0 saturated heterocycles. The highest BCUT2D eigenvalue weighted by Gasteiger charge is 2.14. The van der Waals surface area contributed by atoms with Crippen molar-refractivity contribution in [3.05, 3.63) is 71.2 Å². The summed E-state index contributed by atoms with van der Waals surface area (Å²) in [5.41, 5.74) is 1.15. The van der Waals surface area contributed by atoms with Gasteiger partial charge in [0.25, 0.3) is 11.8 Å². The molecule has 0 spiro atoms. The van der Waals surface area contributed by atoms with Crippen molar-refractivity contribution in [1.29, 1.82) is 0 Å². The van der Waals surface area contributed by atoms with E-state index >= 15 is 0 Å². The molecule has 0 fully saturated rings. The Morgan fingerprint density at radius 3 is 2.36 bits per heavy atom. The number of carbonyl (C=O) groups excluding carboxylic acids is 3. The molecule has 28 heavy (non-hydrogen) atoms. The molecule has 1 aromatic carbocycles. The third-order valence-corrected chi connectivity index (χ3v) is 3.69. The molecule has 2 amide bonds. The van der Waals surface area contributed by atoms with Gasteiger partial charge in [-0.25, -0.2) is 4.79 Å². The van der Waals surface area contributed by atoms with Crippen LogP contribution in [0.5, 0.6) is 0 Å². The third-order valence-electron chi connectivity index (χ3n) is 3.69. The van der Waals surface area contributed by atoms with E-state index in [0.717, 1.165) is 0 Å². The van der Waals surface area contributed by atoms with E-state index in [1.807, 2.05) is 0 Å². The van der Waals surface area contributed by atoms with Gasteiger partial charge in [-0.15, -0.1) is 0 Å². The smallest absolute Gasteiger partial charge is 0.337 e. The Bertz CT molecular complexity index is 1030. The largest absolute Gasteiger partial charge is 0.465 e. The van der Waals surface area contributed by atoms with Crippen LogP contribution < -0.4 is 10.6 Å². The Morgan fingerprint density at radius 2 is 1.71 bits per heavy atom. The first-order valence-electron chi connectivity index (χ1n) is 8.16. The Labute approximate surface area is 159 Å². The summed E-state index contributed by atoms with van der Waals surface area (Å²) in [5, 5.41) is 8.89. The zero-order valence-corrected chi connectivity index (χ0v) is 15.1. The summed E-state index contributed by atoms with van der Waals surface area (Å²) in [6.07, 6.45) is 1.36. The number of rotatable bonds is 5. The van der Waals surface area contributed by atoms with Crippen LogP contribution >= 0.6 is 0 Å². The van der Waals surface area contributed by atoms with Gasteiger partial charge in [0.1, 0.15) is 11.5 Å². The molecule has 0 aliphatic heterocycles. The molecule has 3 rings (SSSR count). The third kappa shape index (κ3) is 4.39. The summed E-state index contributed by atoms with van der Waals surface area (Å²) in [6, 6.07) is 10.6. The van der Waals surface area contributed by atoms with Crippen molar-refractivity contribution in [2.45, 2.75) is 6.92 Å². The van der Waals surface area contributed by atoms with Crippen LogP contribution in [0.2, 0.25) is 0 Å². The highest BCUT2D eigenvalue weighted by molar-refractivity contribution is 6.07. The summed E-state index contributed by atoms with van der Waals surface area (Å²) in [6.45, 7) is 1.70. The quantitative estimate of drug-likeness (QED) is 0.652. The molecule has 0 radical (unpaired) electrons. The van der Waals surface area contributed by atoms with Crippen molar-refractivity contribution >= 4 is 29.3 Å². The first-order valence-corrected chi connectivity index (χ1v) is 8.16. The fourth-order valence-electron chi connectivity index (χ4n) is 2.31. The lowest BCUT2D eigenvalue weighted by molar-refractivity contribution is 0.0600. The lowest BCUT2D eigenvalue weighted by atomic mass is 10.2. The van der Waals surface area contributed by atoms with E-state index in [0.29, 0.717) is 17.0 Å². The molecule has 9 nitrogen and oxygen atoms in total. The summed E-state index contributed by atoms with van der Waals surface area (Å²) in [5.74, 6) is -0.616. The average Bonchev–Trinajstić information content (AvgIpc) is 3.12. The van der Waals surface area contributed by atoms with Crippen molar-refractivity contribution in [3.63, 3.8) is 0 Å². The van der Waals surface area contributed by atoms with Crippen LogP contribution in [0.1, 0.15) is 37.0 Å². The molecule has 3 aromatic rings. The highest BCUT2D eigenvalue weighted by atomic mass is 16.5. The first kappa shape index (κ1) is 18.8. The van der Waals surface area contributed by atoms with Crippen molar-refractivity contribution < 1.29 is 23.6 Å². The van der Waals surface area contributed by atoms with Gasteiger partial charge in [-0.3, -0.25) is 14.6 Å². The second-order valence-electron chi connectivity index (χ2n) is 5.73. The fraction of sp³-hybridized carbons (Fsp3) is 0.105. The Hall–Kier alpha value is -4.01. The highest BCUT2D eigenvalue weighted by Crippen LogP contribution is 2.13. The number of amides is 2. The number of esters is 1. The number of aryl methyl sites for hydroxylation is 1. The first-order chi connectivity index (χ1) is 13.5. The normalized spacial score (nSPS) is 10.2. The summed E-state index contributed by atoms with van der Waals surface area (Å²) in [7, 11) is 1.29. The number of nitrogens with one attached hydrogen (secondary N) is 2. The number of ether oxygens (including phenoxy) is 1. The van der Waals surface area contributed by atoms with E-state index in [2.05, 4.69) is 25.5 Å². The van der Waals surface area contributed by atoms with Gasteiger partial charge in [-0.05, 0) is 43.3 Å². The molecular formula is C19H16N4O5. The van der Waals surface area contributed by atoms with Gasteiger partial charge in [0.15, 0.2) is 5.82 Å². The maximum absolute atomic E-state index is 12.4. The summed E-state index contributed by atoms with van der Waals surface area (Å²) in [4.78, 5) is 40.1. The molecule has 0 saturated carbocycles. The minimum Gasteiger partial charge on any atom is -0.465 e. The molecule has 0 atom stereocenters. The zero-order chi connectivity index (χ0) is 20.1. The van der Waals surface area contributed by atoms with Gasteiger partial charge < -0.3 is 19.9 Å². The van der Waals surface area contributed by atoms with Crippen LogP contribution in [-0.2, 0) is 4.74 Å². The van der Waals surface area contributed by atoms with Crippen LogP contribution in [0.15, 0.2) is 53.2 Å². The molecule has 142 valence electrons. The van der Waals surface area contributed by atoms with E-state index in [-0.39, 0.29) is 17.1 Å². The van der Waals surface area contributed by atoms with Gasteiger partial charge in [-0.2, -0.15) is 0 Å². The lowest BCUT2D eigenvalue weighted by Gasteiger charge is -2.07. The van der Waals surface area contributed by atoms with Crippen molar-refractivity contribution in [1.82, 2.24) is 10.1 Å². The standard InChI is InChI=1S/C19H16N4O5/c1-11-9-16(23-28-11)22-18(25)15-10-13(7-8-20-15)17(24)21-14-5-3-12(4-6-14)19(26)27-2/h3-10H,1-2H3,(H,21,24)(H,22,23,25). The van der Waals surface area contributed by atoms with Crippen molar-refractivity contribution in [3.8, 4) is 0 Å². The van der Waals surface area contributed by atoms with E-state index in [4.69, 9.17) is 4.52 Å².